The van der Waals surface area contributed by atoms with E-state index in [1.807, 2.05) is 12.1 Å². The highest BCUT2D eigenvalue weighted by Gasteiger charge is 2.38. The fraction of sp³-hybridized carbons (Fsp3) is 0.429. The largest absolute Gasteiger partial charge is 0.748 e. The molecule has 0 bridgehead atoms. The summed E-state index contributed by atoms with van der Waals surface area (Å²) >= 11 is 6.07. The van der Waals surface area contributed by atoms with Crippen LogP contribution in [-0.4, -0.2) is 61.4 Å². The number of hydrogen-bond acceptors (Lipinski definition) is 8. The van der Waals surface area contributed by atoms with Gasteiger partial charge in [-0.05, 0) is 61.6 Å². The molecular weight excluding hydrogens is 560 g/mol. The molecule has 2 atom stereocenters. The number of rotatable bonds is 11. The van der Waals surface area contributed by atoms with Crippen molar-refractivity contribution in [3.05, 3.63) is 76.0 Å². The van der Waals surface area contributed by atoms with Gasteiger partial charge >= 0.3 is 5.97 Å². The Bertz CT molecular complexity index is 1310. The van der Waals surface area contributed by atoms with Crippen LogP contribution in [0.15, 0.2) is 59.8 Å². The molecule has 0 aromatic heterocycles. The number of carbonyl (C=O) groups is 2. The fourth-order valence-electron chi connectivity index (χ4n) is 4.81. The zero-order valence-corrected chi connectivity index (χ0v) is 24.2. The number of halogens is 1. The predicted octanol–water partition coefficient (Wildman–Crippen LogP) is 4.54. The second-order valence-electron chi connectivity index (χ2n) is 9.63. The topological polar surface area (TPSA) is 159 Å². The molecule has 0 spiro atoms. The maximum Gasteiger partial charge on any atom is 0.336 e. The average molecular weight is 595 g/mol. The molecule has 2 heterocycles. The quantitative estimate of drug-likeness (QED) is 0.225. The Labute approximate surface area is 239 Å². The van der Waals surface area contributed by atoms with E-state index < -0.39 is 27.8 Å². The number of esters is 1. The highest BCUT2D eigenvalue weighted by molar-refractivity contribution is 7.85. The maximum absolute atomic E-state index is 13.5. The van der Waals surface area contributed by atoms with Crippen LogP contribution in [0.4, 0.5) is 0 Å². The first-order chi connectivity index (χ1) is 18.6. The molecule has 1 saturated heterocycles. The van der Waals surface area contributed by atoms with Gasteiger partial charge < -0.3 is 29.8 Å². The molecule has 40 heavy (non-hydrogen) atoms. The SMILES string of the molecule is CC1=C(C(=O)OCc2ccc(OCCCS(=O)(=O)[O-])cc2)[C@H](c2ccc(Cl)cc2)CC(=O)N1C[C@H]1CCCO1.[NH4+]. The molecular formula is C28H35ClN2O8S. The van der Waals surface area contributed by atoms with Gasteiger partial charge in [-0.15, -0.1) is 0 Å². The molecule has 0 aliphatic carbocycles. The summed E-state index contributed by atoms with van der Waals surface area (Å²) in [6.07, 6.45) is 1.99. The van der Waals surface area contributed by atoms with Crippen LogP contribution in [0, 0.1) is 0 Å². The van der Waals surface area contributed by atoms with E-state index in [2.05, 4.69) is 0 Å². The van der Waals surface area contributed by atoms with Crippen LogP contribution in [0.1, 0.15) is 49.7 Å². The molecule has 2 aromatic carbocycles. The summed E-state index contributed by atoms with van der Waals surface area (Å²) in [5, 5.41) is 0.564. The molecule has 2 aliphatic heterocycles. The fourth-order valence-corrected chi connectivity index (χ4v) is 5.40. The third kappa shape index (κ3) is 8.52. The van der Waals surface area contributed by atoms with E-state index in [9.17, 15) is 22.6 Å². The number of nitrogens with zero attached hydrogens (tertiary/aromatic N) is 1. The normalized spacial score (nSPS) is 19.4. The van der Waals surface area contributed by atoms with Crippen LogP contribution >= 0.6 is 11.6 Å². The lowest BCUT2D eigenvalue weighted by molar-refractivity contribution is -0.141. The molecule has 10 nitrogen and oxygen atoms in total. The van der Waals surface area contributed by atoms with Crippen molar-refractivity contribution < 1.29 is 36.8 Å². The summed E-state index contributed by atoms with van der Waals surface area (Å²) < 4.78 is 49.0. The van der Waals surface area contributed by atoms with Crippen LogP contribution in [0.3, 0.4) is 0 Å². The van der Waals surface area contributed by atoms with Gasteiger partial charge in [0.05, 0.1) is 34.9 Å². The van der Waals surface area contributed by atoms with Crippen LogP contribution in [0.5, 0.6) is 5.75 Å². The third-order valence-corrected chi connectivity index (χ3v) is 7.87. The molecule has 4 rings (SSSR count). The first-order valence-corrected chi connectivity index (χ1v) is 14.8. The van der Waals surface area contributed by atoms with E-state index in [1.165, 1.54) is 0 Å². The lowest BCUT2D eigenvalue weighted by Gasteiger charge is -2.35. The van der Waals surface area contributed by atoms with Gasteiger partial charge in [0.2, 0.25) is 5.91 Å². The molecule has 4 N–H and O–H groups in total. The summed E-state index contributed by atoms with van der Waals surface area (Å²) in [6, 6.07) is 13.9. The smallest absolute Gasteiger partial charge is 0.336 e. The number of amides is 1. The lowest BCUT2D eigenvalue weighted by Crippen LogP contribution is -2.42. The number of hydrogen-bond donors (Lipinski definition) is 1. The van der Waals surface area contributed by atoms with Crippen LogP contribution in [0.25, 0.3) is 0 Å². The first kappa shape index (κ1) is 31.6. The van der Waals surface area contributed by atoms with Gasteiger partial charge in [-0.3, -0.25) is 4.79 Å². The van der Waals surface area contributed by atoms with Crippen molar-refractivity contribution >= 4 is 33.6 Å². The van der Waals surface area contributed by atoms with E-state index in [4.69, 9.17) is 25.8 Å². The van der Waals surface area contributed by atoms with Gasteiger partial charge in [0.15, 0.2) is 0 Å². The maximum atomic E-state index is 13.5. The molecule has 0 unspecified atom stereocenters. The molecule has 0 radical (unpaired) electrons. The van der Waals surface area contributed by atoms with Crippen LogP contribution in [-0.2, 0) is 35.8 Å². The predicted molar refractivity (Wildman–Crippen MR) is 149 cm³/mol. The number of quaternary nitrogens is 1. The van der Waals surface area contributed by atoms with Crippen LogP contribution < -0.4 is 10.9 Å². The summed E-state index contributed by atoms with van der Waals surface area (Å²) in [6.45, 7) is 2.95. The molecule has 1 fully saturated rings. The van der Waals surface area contributed by atoms with E-state index in [0.29, 0.717) is 35.2 Å². The second kappa shape index (κ2) is 14.1. The molecule has 2 aliphatic rings. The lowest BCUT2D eigenvalue weighted by atomic mass is 9.83. The summed E-state index contributed by atoms with van der Waals surface area (Å²) in [7, 11) is -4.27. The van der Waals surface area contributed by atoms with E-state index >= 15 is 0 Å². The highest BCUT2D eigenvalue weighted by Crippen LogP contribution is 2.38. The van der Waals surface area contributed by atoms with Gasteiger partial charge in [-0.1, -0.05) is 35.9 Å². The zero-order valence-electron chi connectivity index (χ0n) is 22.6. The van der Waals surface area contributed by atoms with Crippen molar-refractivity contribution in [2.45, 2.75) is 51.2 Å². The van der Waals surface area contributed by atoms with Crippen molar-refractivity contribution in [2.24, 2.45) is 0 Å². The Morgan fingerprint density at radius 3 is 2.48 bits per heavy atom. The summed E-state index contributed by atoms with van der Waals surface area (Å²) in [4.78, 5) is 28.3. The Balaban J connectivity index is 0.00000441. The van der Waals surface area contributed by atoms with Gasteiger partial charge in [0, 0.05) is 35.4 Å². The van der Waals surface area contributed by atoms with Crippen molar-refractivity contribution in [1.82, 2.24) is 11.1 Å². The third-order valence-electron chi connectivity index (χ3n) is 6.83. The van der Waals surface area contributed by atoms with Gasteiger partial charge in [0.25, 0.3) is 0 Å². The molecule has 2 aromatic rings. The molecule has 0 saturated carbocycles. The summed E-state index contributed by atoms with van der Waals surface area (Å²) in [5.41, 5.74) is 2.53. The number of benzene rings is 2. The zero-order chi connectivity index (χ0) is 28.0. The minimum absolute atomic E-state index is 0. The standard InChI is InChI=1S/C28H32ClNO8S.H3N/c1-19-27(28(32)38-18-20-5-11-23(12-6-20)36-14-3-15-39(33,34)35)25(21-7-9-22(29)10-8-21)16-26(31)30(19)17-24-4-2-13-37-24;/h5-12,24-25H,2-4,13-18H2,1H3,(H,33,34,35);1H3/t24-,25+;/m1./s1. The van der Waals surface area contributed by atoms with Crippen molar-refractivity contribution in [3.63, 3.8) is 0 Å². The van der Waals surface area contributed by atoms with Gasteiger partial charge in [-0.25, -0.2) is 13.2 Å². The summed E-state index contributed by atoms with van der Waals surface area (Å²) in [5.74, 6) is -1.01. The van der Waals surface area contributed by atoms with Crippen molar-refractivity contribution in [1.29, 1.82) is 0 Å². The number of allylic oxidation sites excluding steroid dienone is 1. The average Bonchev–Trinajstić information content (AvgIpc) is 3.41. The van der Waals surface area contributed by atoms with Crippen molar-refractivity contribution in [2.75, 3.05) is 25.5 Å². The monoisotopic (exact) mass is 594 g/mol. The minimum atomic E-state index is -4.27. The van der Waals surface area contributed by atoms with E-state index in [-0.39, 0.29) is 44.2 Å². The first-order valence-electron chi connectivity index (χ1n) is 12.8. The highest BCUT2D eigenvalue weighted by atomic mass is 35.5. The molecule has 1 amide bonds. The molecule has 218 valence electrons. The minimum Gasteiger partial charge on any atom is -0.748 e. The Morgan fingerprint density at radius 2 is 1.85 bits per heavy atom. The van der Waals surface area contributed by atoms with Crippen LogP contribution in [0.2, 0.25) is 5.02 Å². The van der Waals surface area contributed by atoms with Crippen molar-refractivity contribution in [3.8, 4) is 5.75 Å². The van der Waals surface area contributed by atoms with Gasteiger partial charge in [-0.2, -0.15) is 0 Å². The Morgan fingerprint density at radius 1 is 1.15 bits per heavy atom. The van der Waals surface area contributed by atoms with E-state index in [1.54, 1.807) is 48.2 Å². The van der Waals surface area contributed by atoms with E-state index in [0.717, 1.165) is 24.0 Å². The number of ether oxygens (including phenoxy) is 3. The molecule has 12 heteroatoms. The number of carbonyl (C=O) groups excluding carboxylic acids is 2. The Hall–Kier alpha value is -2.96. The Kier molecular flexibility index (Phi) is 11.1. The van der Waals surface area contributed by atoms with Gasteiger partial charge in [0.1, 0.15) is 12.4 Å². The second-order valence-corrected chi connectivity index (χ2v) is 11.6.